The van der Waals surface area contributed by atoms with E-state index in [1.165, 1.54) is 0 Å². The largest absolute Gasteiger partial charge is 0.469 e. The van der Waals surface area contributed by atoms with Crippen molar-refractivity contribution in [2.75, 3.05) is 0 Å². The molecule has 0 aliphatic heterocycles. The normalized spacial score (nSPS) is 10.9. The Labute approximate surface area is 119 Å². The van der Waals surface area contributed by atoms with Gasteiger partial charge in [-0.2, -0.15) is 0 Å². The van der Waals surface area contributed by atoms with E-state index in [0.29, 0.717) is 27.4 Å². The predicted molar refractivity (Wildman–Crippen MR) is 72.2 cm³/mol. The van der Waals surface area contributed by atoms with Crippen molar-refractivity contribution in [2.45, 2.75) is 6.92 Å². The van der Waals surface area contributed by atoms with Crippen molar-refractivity contribution in [3.8, 4) is 22.9 Å². The molecule has 0 saturated carbocycles. The molecule has 0 saturated heterocycles. The van der Waals surface area contributed by atoms with Gasteiger partial charge in [-0.15, -0.1) is 10.2 Å². The van der Waals surface area contributed by atoms with Crippen LogP contribution in [0.3, 0.4) is 0 Å². The van der Waals surface area contributed by atoms with Crippen LogP contribution in [0.15, 0.2) is 39.4 Å². The summed E-state index contributed by atoms with van der Waals surface area (Å²) in [6.45, 7) is 1.83. The molecule has 0 radical (unpaired) electrons. The van der Waals surface area contributed by atoms with Gasteiger partial charge in [0.25, 0.3) is 5.89 Å². The van der Waals surface area contributed by atoms with Gasteiger partial charge in [0.05, 0.1) is 22.4 Å². The van der Waals surface area contributed by atoms with Crippen LogP contribution >= 0.6 is 23.2 Å². The third-order valence-electron chi connectivity index (χ3n) is 2.68. The summed E-state index contributed by atoms with van der Waals surface area (Å²) in [6, 6.07) is 6.86. The average molecular weight is 295 g/mol. The van der Waals surface area contributed by atoms with Crippen LogP contribution in [0.5, 0.6) is 0 Å². The molecular formula is C13H8Cl2N2O2. The molecule has 0 spiro atoms. The van der Waals surface area contributed by atoms with Gasteiger partial charge in [-0.1, -0.05) is 23.2 Å². The van der Waals surface area contributed by atoms with Gasteiger partial charge < -0.3 is 8.83 Å². The Morgan fingerprint density at radius 3 is 2.37 bits per heavy atom. The first kappa shape index (κ1) is 12.3. The highest BCUT2D eigenvalue weighted by molar-refractivity contribution is 6.36. The van der Waals surface area contributed by atoms with Gasteiger partial charge in [-0.3, -0.25) is 0 Å². The molecule has 0 atom stereocenters. The molecule has 2 heterocycles. The Morgan fingerprint density at radius 1 is 1.00 bits per heavy atom. The number of aryl methyl sites for hydroxylation is 1. The van der Waals surface area contributed by atoms with E-state index in [9.17, 15) is 0 Å². The first-order chi connectivity index (χ1) is 9.15. The Morgan fingerprint density at radius 2 is 1.74 bits per heavy atom. The molecule has 1 aromatic carbocycles. The van der Waals surface area contributed by atoms with Crippen molar-refractivity contribution in [3.63, 3.8) is 0 Å². The maximum atomic E-state index is 6.10. The van der Waals surface area contributed by atoms with E-state index in [1.54, 1.807) is 30.5 Å². The Hall–Kier alpha value is -1.78. The lowest BCUT2D eigenvalue weighted by Gasteiger charge is -1.98. The van der Waals surface area contributed by atoms with Gasteiger partial charge >= 0.3 is 0 Å². The zero-order valence-corrected chi connectivity index (χ0v) is 11.4. The van der Waals surface area contributed by atoms with Crippen molar-refractivity contribution in [2.24, 2.45) is 0 Å². The second-order valence-electron chi connectivity index (χ2n) is 3.93. The summed E-state index contributed by atoms with van der Waals surface area (Å²) < 4.78 is 10.8. The third-order valence-corrected chi connectivity index (χ3v) is 3.22. The first-order valence-electron chi connectivity index (χ1n) is 5.48. The van der Waals surface area contributed by atoms with E-state index in [0.717, 1.165) is 11.3 Å². The van der Waals surface area contributed by atoms with Crippen LogP contribution < -0.4 is 0 Å². The minimum atomic E-state index is 0.345. The second-order valence-corrected chi connectivity index (χ2v) is 4.77. The fourth-order valence-electron chi connectivity index (χ4n) is 1.71. The molecule has 0 fully saturated rings. The molecular weight excluding hydrogens is 287 g/mol. The Bertz CT molecular complexity index is 734. The van der Waals surface area contributed by atoms with Crippen molar-refractivity contribution < 1.29 is 8.83 Å². The number of furan rings is 1. The average Bonchev–Trinajstić information content (AvgIpc) is 2.97. The van der Waals surface area contributed by atoms with E-state index in [1.807, 2.05) is 6.92 Å². The highest BCUT2D eigenvalue weighted by Crippen LogP contribution is 2.32. The van der Waals surface area contributed by atoms with Crippen LogP contribution in [0.25, 0.3) is 22.9 Å². The van der Waals surface area contributed by atoms with Crippen molar-refractivity contribution in [3.05, 3.63) is 46.3 Å². The van der Waals surface area contributed by atoms with Gasteiger partial charge in [0.2, 0.25) is 5.89 Å². The number of aromatic nitrogens is 2. The summed E-state index contributed by atoms with van der Waals surface area (Å²) in [4.78, 5) is 0. The fraction of sp³-hybridized carbons (Fsp3) is 0.0769. The molecule has 0 unspecified atom stereocenters. The molecule has 0 N–H and O–H groups in total. The SMILES string of the molecule is Cc1occc1-c1nnc(-c2ccc(Cl)cc2Cl)o1. The first-order valence-corrected chi connectivity index (χ1v) is 6.24. The minimum absolute atomic E-state index is 0.345. The monoisotopic (exact) mass is 294 g/mol. The highest BCUT2D eigenvalue weighted by atomic mass is 35.5. The van der Waals surface area contributed by atoms with E-state index in [2.05, 4.69) is 10.2 Å². The number of hydrogen-bond donors (Lipinski definition) is 0. The van der Waals surface area contributed by atoms with E-state index < -0.39 is 0 Å². The highest BCUT2D eigenvalue weighted by Gasteiger charge is 2.15. The number of halogens is 2. The summed E-state index contributed by atoms with van der Waals surface area (Å²) in [6.07, 6.45) is 1.57. The van der Waals surface area contributed by atoms with E-state index in [-0.39, 0.29) is 0 Å². The second kappa shape index (κ2) is 4.72. The lowest BCUT2D eigenvalue weighted by atomic mass is 10.2. The maximum absolute atomic E-state index is 6.10. The summed E-state index contributed by atoms with van der Waals surface area (Å²) in [5.74, 6) is 1.46. The van der Waals surface area contributed by atoms with Gasteiger partial charge in [0.1, 0.15) is 5.76 Å². The molecule has 0 amide bonds. The van der Waals surface area contributed by atoms with Crippen molar-refractivity contribution in [1.82, 2.24) is 10.2 Å². The van der Waals surface area contributed by atoms with Crippen LogP contribution in [-0.4, -0.2) is 10.2 Å². The molecule has 4 nitrogen and oxygen atoms in total. The molecule has 96 valence electrons. The lowest BCUT2D eigenvalue weighted by Crippen LogP contribution is -1.79. The van der Waals surface area contributed by atoms with Crippen LogP contribution in [-0.2, 0) is 0 Å². The molecule has 19 heavy (non-hydrogen) atoms. The lowest BCUT2D eigenvalue weighted by molar-refractivity contribution is 0.530. The standard InChI is InChI=1S/C13H8Cl2N2O2/c1-7-9(4-5-18-7)12-16-17-13(19-12)10-3-2-8(14)6-11(10)15/h2-6H,1H3. The van der Waals surface area contributed by atoms with Crippen LogP contribution in [0.2, 0.25) is 10.0 Å². The van der Waals surface area contributed by atoms with Gasteiger partial charge in [0.15, 0.2) is 0 Å². The summed E-state index contributed by atoms with van der Waals surface area (Å²) in [7, 11) is 0. The summed E-state index contributed by atoms with van der Waals surface area (Å²) in [5, 5.41) is 9.00. The third kappa shape index (κ3) is 2.25. The Kier molecular flexibility index (Phi) is 3.05. The molecule has 6 heteroatoms. The van der Waals surface area contributed by atoms with Crippen molar-refractivity contribution in [1.29, 1.82) is 0 Å². The number of benzene rings is 1. The molecule has 2 aromatic heterocycles. The van der Waals surface area contributed by atoms with Crippen LogP contribution in [0.4, 0.5) is 0 Å². The predicted octanol–water partition coefficient (Wildman–Crippen LogP) is 4.61. The Balaban J connectivity index is 2.04. The quantitative estimate of drug-likeness (QED) is 0.692. The summed E-state index contributed by atoms with van der Waals surface area (Å²) in [5.41, 5.74) is 1.41. The van der Waals surface area contributed by atoms with Gasteiger partial charge in [-0.05, 0) is 31.2 Å². The molecule has 3 aromatic rings. The number of hydrogen-bond acceptors (Lipinski definition) is 4. The molecule has 0 bridgehead atoms. The zero-order chi connectivity index (χ0) is 13.4. The number of rotatable bonds is 2. The van der Waals surface area contributed by atoms with Crippen LogP contribution in [0.1, 0.15) is 5.76 Å². The number of nitrogens with zero attached hydrogens (tertiary/aromatic N) is 2. The van der Waals surface area contributed by atoms with Crippen molar-refractivity contribution >= 4 is 23.2 Å². The fourth-order valence-corrected chi connectivity index (χ4v) is 2.20. The minimum Gasteiger partial charge on any atom is -0.469 e. The van der Waals surface area contributed by atoms with Gasteiger partial charge in [-0.25, -0.2) is 0 Å². The van der Waals surface area contributed by atoms with E-state index in [4.69, 9.17) is 32.0 Å². The molecule has 0 aliphatic carbocycles. The van der Waals surface area contributed by atoms with Crippen LogP contribution in [0, 0.1) is 6.92 Å². The summed E-state index contributed by atoms with van der Waals surface area (Å²) >= 11 is 11.9. The topological polar surface area (TPSA) is 52.1 Å². The van der Waals surface area contributed by atoms with E-state index >= 15 is 0 Å². The maximum Gasteiger partial charge on any atom is 0.251 e. The van der Waals surface area contributed by atoms with Gasteiger partial charge in [0, 0.05) is 5.02 Å². The zero-order valence-electron chi connectivity index (χ0n) is 9.85. The molecule has 0 aliphatic rings. The molecule has 3 rings (SSSR count). The smallest absolute Gasteiger partial charge is 0.251 e.